The van der Waals surface area contributed by atoms with E-state index in [1.807, 2.05) is 61.5 Å². The van der Waals surface area contributed by atoms with Gasteiger partial charge in [0.2, 0.25) is 0 Å². The van der Waals surface area contributed by atoms with Gasteiger partial charge in [-0.1, -0.05) is 54.2 Å². The number of fused-ring (bicyclic) bond motifs is 1. The van der Waals surface area contributed by atoms with Crippen LogP contribution in [-0.2, 0) is 16.1 Å². The molecule has 1 saturated heterocycles. The maximum Gasteiger partial charge on any atom is 0.338 e. The molecule has 2 aromatic carbocycles. The molecule has 0 radical (unpaired) electrons. The van der Waals surface area contributed by atoms with Crippen LogP contribution in [0.3, 0.4) is 0 Å². The van der Waals surface area contributed by atoms with Crippen LogP contribution in [0.4, 0.5) is 10.5 Å². The van der Waals surface area contributed by atoms with Crippen LogP contribution in [0.1, 0.15) is 37.4 Å². The molecule has 1 fully saturated rings. The largest absolute Gasteiger partial charge is 0.463 e. The summed E-state index contributed by atoms with van der Waals surface area (Å²) in [6, 6.07) is 16.8. The molecule has 1 unspecified atom stereocenters. The molecule has 2 aromatic rings. The van der Waals surface area contributed by atoms with Crippen LogP contribution >= 0.6 is 11.8 Å². The molecule has 2 heterocycles. The molecule has 2 amide bonds. The van der Waals surface area contributed by atoms with Crippen molar-refractivity contribution in [1.29, 1.82) is 0 Å². The number of rotatable bonds is 6. The minimum Gasteiger partial charge on any atom is -0.463 e. The zero-order chi connectivity index (χ0) is 23.2. The Morgan fingerprint density at radius 2 is 1.91 bits per heavy atom. The van der Waals surface area contributed by atoms with Gasteiger partial charge in [-0.15, -0.1) is 0 Å². The number of carbonyl (C=O) groups is 2. The lowest BCUT2D eigenvalue weighted by Crippen LogP contribution is -2.42. The highest BCUT2D eigenvalue weighted by Crippen LogP contribution is 2.40. The molecule has 1 atom stereocenters. The Kier molecular flexibility index (Phi) is 7.34. The van der Waals surface area contributed by atoms with E-state index >= 15 is 0 Å². The fraction of sp³-hybridized carbons (Fsp3) is 0.320. The zero-order valence-electron chi connectivity index (χ0n) is 18.8. The summed E-state index contributed by atoms with van der Waals surface area (Å²) < 4.78 is 5.36. The quantitative estimate of drug-likeness (QED) is 0.606. The van der Waals surface area contributed by atoms with E-state index in [0.29, 0.717) is 30.1 Å². The van der Waals surface area contributed by atoms with E-state index < -0.39 is 0 Å². The van der Waals surface area contributed by atoms with Gasteiger partial charge in [-0.3, -0.25) is 0 Å². The third-order valence-electron chi connectivity index (χ3n) is 5.53. The number of allylic oxidation sites excluding steroid dienone is 1. The van der Waals surface area contributed by atoms with Gasteiger partial charge in [0.05, 0.1) is 23.9 Å². The zero-order valence-corrected chi connectivity index (χ0v) is 19.7. The normalized spacial score (nSPS) is 17.7. The second kappa shape index (κ2) is 10.6. The second-order valence-corrected chi connectivity index (χ2v) is 8.89. The monoisotopic (exact) mass is 464 g/mol. The Hall–Kier alpha value is -3.26. The molecular formula is C25H28N4O3S. The van der Waals surface area contributed by atoms with Gasteiger partial charge in [0.15, 0.2) is 5.17 Å². The first kappa shape index (κ1) is 22.9. The van der Waals surface area contributed by atoms with Gasteiger partial charge in [0.1, 0.15) is 0 Å². The van der Waals surface area contributed by atoms with Crippen LogP contribution in [0.15, 0.2) is 70.9 Å². The number of aliphatic imine (C=N–C) groups is 1. The number of anilines is 1. The van der Waals surface area contributed by atoms with Crippen molar-refractivity contribution in [2.24, 2.45) is 4.99 Å². The fourth-order valence-corrected chi connectivity index (χ4v) is 5.01. The molecule has 7 nitrogen and oxygen atoms in total. The van der Waals surface area contributed by atoms with Crippen molar-refractivity contribution in [3.63, 3.8) is 0 Å². The van der Waals surface area contributed by atoms with Gasteiger partial charge in [0.25, 0.3) is 0 Å². The molecule has 2 N–H and O–H groups in total. The van der Waals surface area contributed by atoms with Crippen molar-refractivity contribution in [2.45, 2.75) is 32.9 Å². The maximum absolute atomic E-state index is 12.8. The highest BCUT2D eigenvalue weighted by Gasteiger charge is 2.37. The third kappa shape index (κ3) is 5.39. The molecule has 0 aliphatic carbocycles. The van der Waals surface area contributed by atoms with E-state index in [1.54, 1.807) is 18.7 Å². The predicted octanol–water partition coefficient (Wildman–Crippen LogP) is 4.70. The number of thioether (sulfide) groups is 1. The number of hydrogen-bond donors (Lipinski definition) is 2. The standard InChI is InChI=1S/C25H28N4O3S/c1-3-32-23(30)21-17(2)27-25-29(14-7-15-33-25)22(21)19-10-12-20(13-11-19)28-24(31)26-16-18-8-5-4-6-9-18/h4-6,8-13,22H,3,7,14-16H2,1-2H3,(H2,26,28,31). The molecule has 172 valence electrons. The Morgan fingerprint density at radius 3 is 2.64 bits per heavy atom. The van der Waals surface area contributed by atoms with Gasteiger partial charge in [-0.25, -0.2) is 14.6 Å². The number of amides is 2. The fourth-order valence-electron chi connectivity index (χ4n) is 3.99. The number of benzene rings is 2. The van der Waals surface area contributed by atoms with Crippen LogP contribution in [0.25, 0.3) is 0 Å². The first-order chi connectivity index (χ1) is 16.1. The average Bonchev–Trinajstić information content (AvgIpc) is 2.83. The predicted molar refractivity (Wildman–Crippen MR) is 132 cm³/mol. The molecule has 8 heteroatoms. The summed E-state index contributed by atoms with van der Waals surface area (Å²) in [6.07, 6.45) is 1.02. The van der Waals surface area contributed by atoms with Crippen LogP contribution in [0.2, 0.25) is 0 Å². The van der Waals surface area contributed by atoms with Crippen molar-refractivity contribution >= 4 is 34.6 Å². The second-order valence-electron chi connectivity index (χ2n) is 7.83. The number of urea groups is 1. The first-order valence-corrected chi connectivity index (χ1v) is 12.1. The van der Waals surface area contributed by atoms with E-state index in [9.17, 15) is 9.59 Å². The number of nitrogens with one attached hydrogen (secondary N) is 2. The Balaban J connectivity index is 1.50. The van der Waals surface area contributed by atoms with E-state index in [0.717, 1.165) is 35.0 Å². The lowest BCUT2D eigenvalue weighted by atomic mass is 9.94. The SMILES string of the molecule is CCOC(=O)C1=C(C)N=C2SCCCN2C1c1ccc(NC(=O)NCc2ccccc2)cc1. The van der Waals surface area contributed by atoms with Crippen molar-refractivity contribution in [3.05, 3.63) is 77.0 Å². The molecule has 0 bridgehead atoms. The number of esters is 1. The van der Waals surface area contributed by atoms with Crippen molar-refractivity contribution in [3.8, 4) is 0 Å². The number of ether oxygens (including phenoxy) is 1. The van der Waals surface area contributed by atoms with E-state index in [4.69, 9.17) is 4.74 Å². The van der Waals surface area contributed by atoms with Gasteiger partial charge in [-0.2, -0.15) is 0 Å². The van der Waals surface area contributed by atoms with Crippen LogP contribution < -0.4 is 10.6 Å². The first-order valence-electron chi connectivity index (χ1n) is 11.1. The number of amidine groups is 1. The Morgan fingerprint density at radius 1 is 1.15 bits per heavy atom. The van der Waals surface area contributed by atoms with Crippen molar-refractivity contribution in [1.82, 2.24) is 10.2 Å². The number of hydrogen-bond acceptors (Lipinski definition) is 6. The highest BCUT2D eigenvalue weighted by atomic mass is 32.2. The van der Waals surface area contributed by atoms with E-state index in [-0.39, 0.29) is 18.0 Å². The third-order valence-corrected chi connectivity index (χ3v) is 6.61. The minimum absolute atomic E-state index is 0.259. The molecular weight excluding hydrogens is 436 g/mol. The molecule has 2 aliphatic rings. The van der Waals surface area contributed by atoms with Crippen LogP contribution in [0.5, 0.6) is 0 Å². The maximum atomic E-state index is 12.8. The summed E-state index contributed by atoms with van der Waals surface area (Å²) >= 11 is 1.72. The molecule has 0 saturated carbocycles. The number of nitrogens with zero attached hydrogens (tertiary/aromatic N) is 2. The van der Waals surface area contributed by atoms with Gasteiger partial charge in [-0.05, 0) is 43.5 Å². The van der Waals surface area contributed by atoms with Gasteiger partial charge >= 0.3 is 12.0 Å². The topological polar surface area (TPSA) is 83.0 Å². The van der Waals surface area contributed by atoms with Crippen LogP contribution in [0, 0.1) is 0 Å². The van der Waals surface area contributed by atoms with Crippen LogP contribution in [-0.4, -0.2) is 41.0 Å². The molecule has 0 aromatic heterocycles. The summed E-state index contributed by atoms with van der Waals surface area (Å²) in [5.74, 6) is 0.686. The molecule has 2 aliphatic heterocycles. The van der Waals surface area contributed by atoms with Gasteiger partial charge < -0.3 is 20.3 Å². The highest BCUT2D eigenvalue weighted by molar-refractivity contribution is 8.13. The van der Waals surface area contributed by atoms with E-state index in [1.165, 1.54) is 0 Å². The van der Waals surface area contributed by atoms with Gasteiger partial charge in [0, 0.05) is 24.5 Å². The van der Waals surface area contributed by atoms with Crippen molar-refractivity contribution < 1.29 is 14.3 Å². The smallest absolute Gasteiger partial charge is 0.338 e. The Labute approximate surface area is 198 Å². The lowest BCUT2D eigenvalue weighted by molar-refractivity contribution is -0.139. The minimum atomic E-state index is -0.333. The summed E-state index contributed by atoms with van der Waals surface area (Å²) in [6.45, 7) is 5.27. The lowest BCUT2D eigenvalue weighted by Gasteiger charge is -2.40. The molecule has 33 heavy (non-hydrogen) atoms. The van der Waals surface area contributed by atoms with Crippen molar-refractivity contribution in [2.75, 3.05) is 24.2 Å². The average molecular weight is 465 g/mol. The van der Waals surface area contributed by atoms with E-state index in [2.05, 4.69) is 20.5 Å². The molecule has 4 rings (SSSR count). The summed E-state index contributed by atoms with van der Waals surface area (Å²) in [4.78, 5) is 32.0. The summed E-state index contributed by atoms with van der Waals surface area (Å²) in [5, 5.41) is 6.67. The Bertz CT molecular complexity index is 1070. The summed E-state index contributed by atoms with van der Waals surface area (Å²) in [7, 11) is 0. The molecule has 0 spiro atoms. The number of carbonyl (C=O) groups excluding carboxylic acids is 2. The summed E-state index contributed by atoms with van der Waals surface area (Å²) in [5.41, 5.74) is 3.94.